The van der Waals surface area contributed by atoms with Crippen LogP contribution in [0.15, 0.2) is 9.70 Å². The molecule has 2 aliphatic heterocycles. The van der Waals surface area contributed by atoms with Crippen molar-refractivity contribution in [2.24, 2.45) is 0 Å². The standard InChI is InChI=1S/C23H30N4O3S2/c1-4-5-11-26-20(25-9-7-6-8-10-25)17(16(2)18(15-24)21(26)28)14-19-22(29)27(12-13-30-3)23(31)32-19/h14H,4-13H2,1-3H3. The Kier molecular flexibility index (Phi) is 8.51. The van der Waals surface area contributed by atoms with Gasteiger partial charge in [-0.15, -0.1) is 0 Å². The summed E-state index contributed by atoms with van der Waals surface area (Å²) in [7, 11) is 1.59. The van der Waals surface area contributed by atoms with Crippen LogP contribution in [0.4, 0.5) is 5.82 Å². The summed E-state index contributed by atoms with van der Waals surface area (Å²) in [6.07, 6.45) is 6.88. The lowest BCUT2D eigenvalue weighted by molar-refractivity contribution is -0.122. The average molecular weight is 475 g/mol. The Hall–Kier alpha value is -2.15. The minimum absolute atomic E-state index is 0.142. The first-order chi connectivity index (χ1) is 15.4. The summed E-state index contributed by atoms with van der Waals surface area (Å²) in [4.78, 5) is 30.6. The largest absolute Gasteiger partial charge is 0.383 e. The molecule has 0 spiro atoms. The highest BCUT2D eigenvalue weighted by Gasteiger charge is 2.33. The molecule has 2 saturated heterocycles. The number of pyridine rings is 1. The van der Waals surface area contributed by atoms with Gasteiger partial charge in [0, 0.05) is 32.3 Å². The summed E-state index contributed by atoms with van der Waals surface area (Å²) in [5.74, 6) is 0.660. The molecule has 2 aliphatic rings. The summed E-state index contributed by atoms with van der Waals surface area (Å²) in [5.41, 5.74) is 1.28. The molecule has 1 aromatic rings. The van der Waals surface area contributed by atoms with Gasteiger partial charge in [0.25, 0.3) is 11.5 Å². The normalized spacial score (nSPS) is 18.0. The number of hydrogen-bond donors (Lipinski definition) is 0. The molecule has 7 nitrogen and oxygen atoms in total. The number of carbonyl (C=O) groups is 1. The van der Waals surface area contributed by atoms with Gasteiger partial charge in [0.15, 0.2) is 0 Å². The Morgan fingerprint density at radius 1 is 1.22 bits per heavy atom. The zero-order valence-electron chi connectivity index (χ0n) is 19.0. The summed E-state index contributed by atoms with van der Waals surface area (Å²) in [6, 6.07) is 2.11. The van der Waals surface area contributed by atoms with Gasteiger partial charge in [0.1, 0.15) is 21.8 Å². The molecular formula is C23H30N4O3S2. The number of carbonyl (C=O) groups excluding carboxylic acids is 1. The molecule has 3 rings (SSSR count). The third-order valence-electron chi connectivity index (χ3n) is 5.91. The molecule has 2 fully saturated rings. The maximum atomic E-state index is 13.2. The molecule has 1 aromatic heterocycles. The van der Waals surface area contributed by atoms with E-state index in [2.05, 4.69) is 17.9 Å². The van der Waals surface area contributed by atoms with Crippen molar-refractivity contribution < 1.29 is 9.53 Å². The zero-order valence-corrected chi connectivity index (χ0v) is 20.6. The van der Waals surface area contributed by atoms with E-state index in [1.807, 2.05) is 6.08 Å². The number of methoxy groups -OCH3 is 1. The second-order valence-electron chi connectivity index (χ2n) is 8.03. The van der Waals surface area contributed by atoms with E-state index in [-0.39, 0.29) is 17.0 Å². The van der Waals surface area contributed by atoms with E-state index in [0.29, 0.717) is 34.5 Å². The van der Waals surface area contributed by atoms with E-state index in [1.54, 1.807) is 23.5 Å². The monoisotopic (exact) mass is 474 g/mol. The molecule has 0 radical (unpaired) electrons. The van der Waals surface area contributed by atoms with Crippen LogP contribution >= 0.6 is 24.0 Å². The van der Waals surface area contributed by atoms with Gasteiger partial charge in [-0.1, -0.05) is 37.3 Å². The van der Waals surface area contributed by atoms with E-state index < -0.39 is 0 Å². The number of thioether (sulfide) groups is 1. The minimum Gasteiger partial charge on any atom is -0.383 e. The third-order valence-corrected chi connectivity index (χ3v) is 7.28. The summed E-state index contributed by atoms with van der Waals surface area (Å²) in [5, 5.41) is 9.76. The highest BCUT2D eigenvalue weighted by Crippen LogP contribution is 2.36. The first-order valence-corrected chi connectivity index (χ1v) is 12.3. The fraction of sp³-hybridized carbons (Fsp3) is 0.565. The van der Waals surface area contributed by atoms with Gasteiger partial charge >= 0.3 is 0 Å². The minimum atomic E-state index is -0.246. The number of nitriles is 1. The van der Waals surface area contributed by atoms with Gasteiger partial charge in [-0.05, 0) is 44.2 Å². The smallest absolute Gasteiger partial charge is 0.270 e. The Morgan fingerprint density at radius 2 is 1.94 bits per heavy atom. The van der Waals surface area contributed by atoms with Crippen LogP contribution in [0.2, 0.25) is 0 Å². The van der Waals surface area contributed by atoms with Crippen molar-refractivity contribution in [2.45, 2.75) is 52.5 Å². The first-order valence-electron chi connectivity index (χ1n) is 11.1. The van der Waals surface area contributed by atoms with Crippen molar-refractivity contribution in [2.75, 3.05) is 38.3 Å². The Morgan fingerprint density at radius 3 is 2.56 bits per heavy atom. The van der Waals surface area contributed by atoms with Gasteiger partial charge in [0.05, 0.1) is 18.1 Å². The number of thiocarbonyl (C=S) groups is 1. The fourth-order valence-corrected chi connectivity index (χ4v) is 5.41. The van der Waals surface area contributed by atoms with Crippen molar-refractivity contribution in [1.82, 2.24) is 9.47 Å². The molecule has 0 unspecified atom stereocenters. The van der Waals surface area contributed by atoms with Gasteiger partial charge in [-0.25, -0.2) is 0 Å². The molecule has 0 bridgehead atoms. The number of amides is 1. The van der Waals surface area contributed by atoms with Gasteiger partial charge in [-0.2, -0.15) is 5.26 Å². The number of unbranched alkanes of at least 4 members (excludes halogenated alkanes) is 1. The molecule has 0 aliphatic carbocycles. The fourth-order valence-electron chi connectivity index (χ4n) is 4.12. The average Bonchev–Trinajstić information content (AvgIpc) is 3.06. The highest BCUT2D eigenvalue weighted by molar-refractivity contribution is 8.26. The third kappa shape index (κ3) is 4.92. The number of nitrogens with zero attached hydrogens (tertiary/aromatic N) is 4. The molecule has 32 heavy (non-hydrogen) atoms. The van der Waals surface area contributed by atoms with Gasteiger partial charge in [0.2, 0.25) is 0 Å². The van der Waals surface area contributed by atoms with Crippen LogP contribution in [0, 0.1) is 18.3 Å². The van der Waals surface area contributed by atoms with E-state index in [9.17, 15) is 14.9 Å². The number of hydrogen-bond acceptors (Lipinski definition) is 7. The SMILES string of the molecule is CCCCn1c(N2CCCCC2)c(C=C2SC(=S)N(CCOC)C2=O)c(C)c(C#N)c1=O. The zero-order chi connectivity index (χ0) is 23.3. The number of aromatic nitrogens is 1. The van der Waals surface area contributed by atoms with Crippen LogP contribution in [-0.4, -0.2) is 53.0 Å². The predicted octanol–water partition coefficient (Wildman–Crippen LogP) is 3.67. The molecule has 0 saturated carbocycles. The second kappa shape index (κ2) is 11.1. The van der Waals surface area contributed by atoms with Crippen molar-refractivity contribution in [1.29, 1.82) is 5.26 Å². The highest BCUT2D eigenvalue weighted by atomic mass is 32.2. The van der Waals surface area contributed by atoms with Gasteiger partial charge < -0.3 is 9.64 Å². The maximum absolute atomic E-state index is 13.2. The van der Waals surface area contributed by atoms with Crippen molar-refractivity contribution in [3.8, 4) is 6.07 Å². The maximum Gasteiger partial charge on any atom is 0.270 e. The molecule has 0 atom stereocenters. The lowest BCUT2D eigenvalue weighted by atomic mass is 10.0. The Bertz CT molecular complexity index is 1020. The van der Waals surface area contributed by atoms with Crippen molar-refractivity contribution in [3.05, 3.63) is 31.9 Å². The summed E-state index contributed by atoms with van der Waals surface area (Å²) < 4.78 is 7.35. The second-order valence-corrected chi connectivity index (χ2v) is 9.71. The Balaban J connectivity index is 2.18. The van der Waals surface area contributed by atoms with Gasteiger partial charge in [-0.3, -0.25) is 19.1 Å². The lowest BCUT2D eigenvalue weighted by Crippen LogP contribution is -2.37. The van der Waals surface area contributed by atoms with Crippen LogP contribution < -0.4 is 10.5 Å². The van der Waals surface area contributed by atoms with Crippen LogP contribution in [0.25, 0.3) is 6.08 Å². The Labute approximate surface area is 199 Å². The van der Waals surface area contributed by atoms with E-state index in [4.69, 9.17) is 17.0 Å². The number of ether oxygens (including phenoxy) is 1. The quantitative estimate of drug-likeness (QED) is 0.420. The van der Waals surface area contributed by atoms with E-state index >= 15 is 0 Å². The predicted molar refractivity (Wildman–Crippen MR) is 133 cm³/mol. The molecule has 172 valence electrons. The van der Waals surface area contributed by atoms with E-state index in [1.165, 1.54) is 18.2 Å². The van der Waals surface area contributed by atoms with E-state index in [0.717, 1.165) is 50.2 Å². The number of piperidine rings is 1. The first kappa shape index (κ1) is 24.5. The van der Waals surface area contributed by atoms with Crippen LogP contribution in [0.5, 0.6) is 0 Å². The van der Waals surface area contributed by atoms with Crippen molar-refractivity contribution >= 4 is 46.1 Å². The van der Waals surface area contributed by atoms with Crippen molar-refractivity contribution in [3.63, 3.8) is 0 Å². The summed E-state index contributed by atoms with van der Waals surface area (Å²) in [6.45, 7) is 6.94. The molecule has 3 heterocycles. The number of anilines is 1. The molecule has 0 N–H and O–H groups in total. The molecule has 0 aromatic carbocycles. The van der Waals surface area contributed by atoms with Crippen LogP contribution in [-0.2, 0) is 16.1 Å². The van der Waals surface area contributed by atoms with Crippen LogP contribution in [0.3, 0.4) is 0 Å². The topological polar surface area (TPSA) is 78.6 Å². The van der Waals surface area contributed by atoms with Crippen LogP contribution in [0.1, 0.15) is 55.7 Å². The molecular weight excluding hydrogens is 444 g/mol. The molecule has 1 amide bonds. The number of rotatable bonds is 8. The lowest BCUT2D eigenvalue weighted by Gasteiger charge is -2.33. The summed E-state index contributed by atoms with van der Waals surface area (Å²) >= 11 is 6.68. The molecule has 9 heteroatoms.